The molecule has 0 amide bonds. The van der Waals surface area contributed by atoms with E-state index in [0.717, 1.165) is 17.8 Å². The van der Waals surface area contributed by atoms with Crippen LogP contribution in [0.4, 0.5) is 5.69 Å². The van der Waals surface area contributed by atoms with Gasteiger partial charge in [-0.05, 0) is 39.8 Å². The van der Waals surface area contributed by atoms with Gasteiger partial charge in [0.05, 0.1) is 0 Å². The second-order valence-electron chi connectivity index (χ2n) is 5.89. The summed E-state index contributed by atoms with van der Waals surface area (Å²) in [5, 5.41) is 13.3. The number of anilines is 1. The minimum atomic E-state index is 0.159. The van der Waals surface area contributed by atoms with E-state index in [-0.39, 0.29) is 6.04 Å². The van der Waals surface area contributed by atoms with Crippen molar-refractivity contribution in [3.8, 4) is 5.75 Å². The Bertz CT molecular complexity index is 402. The zero-order chi connectivity index (χ0) is 14.6. The molecule has 2 N–H and O–H groups in total. The Kier molecular flexibility index (Phi) is 5.67. The molecule has 1 aromatic carbocycles. The summed E-state index contributed by atoms with van der Waals surface area (Å²) in [6, 6.07) is 6.58. The zero-order valence-electron chi connectivity index (χ0n) is 13.1. The van der Waals surface area contributed by atoms with Crippen LogP contribution in [0.5, 0.6) is 5.75 Å². The molecule has 0 aliphatic carbocycles. The van der Waals surface area contributed by atoms with E-state index in [0.29, 0.717) is 17.7 Å². The highest BCUT2D eigenvalue weighted by Crippen LogP contribution is 2.30. The summed E-state index contributed by atoms with van der Waals surface area (Å²) in [6.07, 6.45) is 0. The van der Waals surface area contributed by atoms with Crippen LogP contribution in [0.1, 0.15) is 46.2 Å². The second kappa shape index (κ2) is 6.80. The Labute approximate surface area is 117 Å². The van der Waals surface area contributed by atoms with Gasteiger partial charge in [-0.1, -0.05) is 19.9 Å². The summed E-state index contributed by atoms with van der Waals surface area (Å²) in [5.41, 5.74) is 2.03. The van der Waals surface area contributed by atoms with Crippen LogP contribution in [0.2, 0.25) is 0 Å². The van der Waals surface area contributed by atoms with Gasteiger partial charge in [-0.15, -0.1) is 0 Å². The average molecular weight is 264 g/mol. The number of phenols is 1. The highest BCUT2D eigenvalue weighted by Gasteiger charge is 2.15. The molecular formula is C16H28N2O. The molecule has 0 radical (unpaired) electrons. The molecular weight excluding hydrogens is 236 g/mol. The molecule has 0 aliphatic heterocycles. The molecule has 1 rings (SSSR count). The molecule has 0 saturated heterocycles. The summed E-state index contributed by atoms with van der Waals surface area (Å²) in [6.45, 7) is 11.8. The molecule has 1 aromatic rings. The Morgan fingerprint density at radius 1 is 1.16 bits per heavy atom. The van der Waals surface area contributed by atoms with Crippen molar-refractivity contribution in [3.05, 3.63) is 23.8 Å². The Morgan fingerprint density at radius 2 is 1.79 bits per heavy atom. The number of benzene rings is 1. The normalized spacial score (nSPS) is 13.1. The molecule has 1 unspecified atom stereocenters. The molecule has 0 aromatic heterocycles. The van der Waals surface area contributed by atoms with Crippen molar-refractivity contribution >= 4 is 5.69 Å². The smallest absolute Gasteiger partial charge is 0.122 e. The molecule has 0 fully saturated rings. The molecule has 0 aliphatic rings. The molecule has 0 spiro atoms. The number of nitrogens with zero attached hydrogens (tertiary/aromatic N) is 1. The van der Waals surface area contributed by atoms with Gasteiger partial charge in [0.15, 0.2) is 0 Å². The summed E-state index contributed by atoms with van der Waals surface area (Å²) in [4.78, 5) is 2.33. The fourth-order valence-corrected chi connectivity index (χ4v) is 2.24. The summed E-state index contributed by atoms with van der Waals surface area (Å²) >= 11 is 0. The maximum atomic E-state index is 10.2. The lowest BCUT2D eigenvalue weighted by molar-refractivity contribution is 0.457. The number of hydrogen-bond acceptors (Lipinski definition) is 3. The van der Waals surface area contributed by atoms with Crippen LogP contribution in [0.3, 0.4) is 0 Å². The van der Waals surface area contributed by atoms with Crippen molar-refractivity contribution < 1.29 is 5.11 Å². The third kappa shape index (κ3) is 4.13. The number of nitrogens with one attached hydrogen (secondary N) is 1. The van der Waals surface area contributed by atoms with Gasteiger partial charge in [0.2, 0.25) is 0 Å². The van der Waals surface area contributed by atoms with Crippen LogP contribution < -0.4 is 10.2 Å². The minimum absolute atomic E-state index is 0.159. The van der Waals surface area contributed by atoms with Crippen LogP contribution >= 0.6 is 0 Å². The standard InChI is InChI=1S/C16H28N2O/c1-11(2)10-18(12(3)4)14-7-8-15(13(5)17-6)16(19)9-14/h7-9,11-13,17,19H,10H2,1-6H3. The fourth-order valence-electron chi connectivity index (χ4n) is 2.24. The predicted octanol–water partition coefficient (Wildman–Crippen LogP) is 3.54. The van der Waals surface area contributed by atoms with Crippen molar-refractivity contribution in [2.45, 2.75) is 46.7 Å². The van der Waals surface area contributed by atoms with Gasteiger partial charge < -0.3 is 15.3 Å². The van der Waals surface area contributed by atoms with Crippen LogP contribution in [0.25, 0.3) is 0 Å². The molecule has 0 saturated carbocycles. The van der Waals surface area contributed by atoms with E-state index in [4.69, 9.17) is 0 Å². The largest absolute Gasteiger partial charge is 0.508 e. The molecule has 1 atom stereocenters. The lowest BCUT2D eigenvalue weighted by atomic mass is 10.1. The van der Waals surface area contributed by atoms with E-state index in [1.165, 1.54) is 0 Å². The molecule has 19 heavy (non-hydrogen) atoms. The van der Waals surface area contributed by atoms with Crippen LogP contribution in [0.15, 0.2) is 18.2 Å². The van der Waals surface area contributed by atoms with E-state index in [9.17, 15) is 5.11 Å². The summed E-state index contributed by atoms with van der Waals surface area (Å²) in [5.74, 6) is 0.967. The number of hydrogen-bond donors (Lipinski definition) is 2. The van der Waals surface area contributed by atoms with Crippen molar-refractivity contribution in [3.63, 3.8) is 0 Å². The average Bonchev–Trinajstić information content (AvgIpc) is 2.34. The third-order valence-electron chi connectivity index (χ3n) is 3.43. The van der Waals surface area contributed by atoms with E-state index in [2.05, 4.69) is 44.0 Å². The number of aromatic hydroxyl groups is 1. The Balaban J connectivity index is 3.03. The lowest BCUT2D eigenvalue weighted by Gasteiger charge is -2.31. The van der Waals surface area contributed by atoms with Crippen molar-refractivity contribution in [1.29, 1.82) is 0 Å². The first-order valence-corrected chi connectivity index (χ1v) is 7.13. The highest BCUT2D eigenvalue weighted by molar-refractivity contribution is 5.54. The molecule has 108 valence electrons. The van der Waals surface area contributed by atoms with Gasteiger partial charge in [-0.25, -0.2) is 0 Å². The van der Waals surface area contributed by atoms with E-state index in [1.807, 2.05) is 26.1 Å². The van der Waals surface area contributed by atoms with Gasteiger partial charge >= 0.3 is 0 Å². The van der Waals surface area contributed by atoms with Crippen molar-refractivity contribution in [1.82, 2.24) is 5.32 Å². The first-order valence-electron chi connectivity index (χ1n) is 7.13. The Hall–Kier alpha value is -1.22. The zero-order valence-corrected chi connectivity index (χ0v) is 13.1. The monoisotopic (exact) mass is 264 g/mol. The van der Waals surface area contributed by atoms with Gasteiger partial charge in [-0.2, -0.15) is 0 Å². The lowest BCUT2D eigenvalue weighted by Crippen LogP contribution is -2.34. The molecule has 0 bridgehead atoms. The van der Waals surface area contributed by atoms with Gasteiger partial charge in [0, 0.05) is 35.9 Å². The first-order chi connectivity index (χ1) is 8.86. The highest BCUT2D eigenvalue weighted by atomic mass is 16.3. The van der Waals surface area contributed by atoms with Crippen molar-refractivity contribution in [2.24, 2.45) is 5.92 Å². The SMILES string of the molecule is CNC(C)c1ccc(N(CC(C)C)C(C)C)cc1O. The van der Waals surface area contributed by atoms with E-state index < -0.39 is 0 Å². The molecule has 0 heterocycles. The fraction of sp³-hybridized carbons (Fsp3) is 0.625. The molecule has 3 nitrogen and oxygen atoms in total. The maximum absolute atomic E-state index is 10.2. The van der Waals surface area contributed by atoms with Gasteiger partial charge in [0.1, 0.15) is 5.75 Å². The summed E-state index contributed by atoms with van der Waals surface area (Å²) < 4.78 is 0. The first kappa shape index (κ1) is 15.8. The van der Waals surface area contributed by atoms with Crippen molar-refractivity contribution in [2.75, 3.05) is 18.5 Å². The maximum Gasteiger partial charge on any atom is 0.122 e. The Morgan fingerprint density at radius 3 is 2.21 bits per heavy atom. The van der Waals surface area contributed by atoms with Crippen LogP contribution in [-0.4, -0.2) is 24.7 Å². The quantitative estimate of drug-likeness (QED) is 0.825. The van der Waals surface area contributed by atoms with Gasteiger partial charge in [0.25, 0.3) is 0 Å². The topological polar surface area (TPSA) is 35.5 Å². The number of rotatable bonds is 6. The van der Waals surface area contributed by atoms with E-state index in [1.54, 1.807) is 0 Å². The molecule has 3 heteroatoms. The predicted molar refractivity (Wildman–Crippen MR) is 82.9 cm³/mol. The number of phenolic OH excluding ortho intramolecular Hbond substituents is 1. The third-order valence-corrected chi connectivity index (χ3v) is 3.43. The minimum Gasteiger partial charge on any atom is -0.508 e. The van der Waals surface area contributed by atoms with Crippen LogP contribution in [0, 0.1) is 5.92 Å². The van der Waals surface area contributed by atoms with Gasteiger partial charge in [-0.3, -0.25) is 0 Å². The second-order valence-corrected chi connectivity index (χ2v) is 5.89. The van der Waals surface area contributed by atoms with E-state index >= 15 is 0 Å². The van der Waals surface area contributed by atoms with Crippen LogP contribution in [-0.2, 0) is 0 Å². The summed E-state index contributed by atoms with van der Waals surface area (Å²) in [7, 11) is 1.90.